The quantitative estimate of drug-likeness (QED) is 0.375. The molecule has 1 N–H and O–H groups in total. The van der Waals surface area contributed by atoms with Crippen molar-refractivity contribution in [2.75, 3.05) is 19.1 Å². The summed E-state index contributed by atoms with van der Waals surface area (Å²) in [6.45, 7) is 8.10. The molecule has 5 aliphatic rings. The fraction of sp³-hybridized carbons (Fsp3) is 0.759. The highest BCUT2D eigenvalue weighted by Gasteiger charge is 2.80. The number of alkyl halides is 2. The third-order valence-corrected chi connectivity index (χ3v) is 10.4. The number of nitrogens with zero attached hydrogens (tertiary/aromatic N) is 1. The molecule has 0 bridgehead atoms. The van der Waals surface area contributed by atoms with Crippen LogP contribution in [0.15, 0.2) is 23.0 Å². The van der Waals surface area contributed by atoms with E-state index in [9.17, 15) is 20.0 Å². The van der Waals surface area contributed by atoms with E-state index in [1.807, 2.05) is 6.92 Å². The minimum atomic E-state index is -2.06. The Morgan fingerprint density at radius 2 is 2.00 bits per heavy atom. The van der Waals surface area contributed by atoms with E-state index in [-0.39, 0.29) is 12.8 Å². The molecule has 39 heavy (non-hydrogen) atoms. The zero-order valence-corrected chi connectivity index (χ0v) is 23.9. The Morgan fingerprint density at radius 1 is 1.28 bits per heavy atom. The normalized spacial score (nSPS) is 43.8. The number of carbonyl (C=O) groups excluding carboxylic acids is 2. The number of aliphatic hydroxyl groups excluding tert-OH is 1. The molecule has 0 unspecified atom stereocenters. The molecule has 0 spiro atoms. The smallest absolute Gasteiger partial charge is 0.303 e. The summed E-state index contributed by atoms with van der Waals surface area (Å²) in [4.78, 5) is 25.4. The van der Waals surface area contributed by atoms with Gasteiger partial charge in [0, 0.05) is 35.7 Å². The number of carbonyl (C=O) groups is 2. The van der Waals surface area contributed by atoms with Crippen molar-refractivity contribution in [2.24, 2.45) is 22.7 Å². The number of ether oxygens (including phenoxy) is 4. The zero-order valence-electron chi connectivity index (χ0n) is 23.1. The van der Waals surface area contributed by atoms with Gasteiger partial charge in [-0.3, -0.25) is 9.59 Å². The fourth-order valence-electron chi connectivity index (χ4n) is 8.70. The number of esters is 1. The number of rotatable bonds is 6. The zero-order chi connectivity index (χ0) is 28.6. The lowest BCUT2D eigenvalue weighted by Crippen LogP contribution is -2.70. The highest BCUT2D eigenvalue weighted by molar-refractivity contribution is 6.17. The number of halogens is 2. The predicted molar refractivity (Wildman–Crippen MR) is 138 cm³/mol. The number of hydrogen-bond acceptors (Lipinski definition) is 8. The van der Waals surface area contributed by atoms with Gasteiger partial charge in [0.1, 0.15) is 12.3 Å². The van der Waals surface area contributed by atoms with Crippen molar-refractivity contribution in [3.63, 3.8) is 0 Å². The molecule has 1 saturated heterocycles. The lowest BCUT2D eigenvalue weighted by atomic mass is 9.44. The third kappa shape index (κ3) is 3.78. The van der Waals surface area contributed by atoms with E-state index in [0.717, 1.165) is 0 Å². The van der Waals surface area contributed by atoms with Crippen molar-refractivity contribution >= 4 is 23.4 Å². The molecule has 2 saturated carbocycles. The largest absolute Gasteiger partial charge is 0.497 e. The molecular weight excluding hydrogens is 529 g/mol. The Labute approximate surface area is 233 Å². The molecule has 0 aromatic rings. The number of hydrogen-bond donors (Lipinski definition) is 1. The van der Waals surface area contributed by atoms with E-state index in [1.165, 1.54) is 6.92 Å². The molecule has 0 radical (unpaired) electrons. The Bertz CT molecular complexity index is 1190. The van der Waals surface area contributed by atoms with E-state index in [1.54, 1.807) is 26.8 Å². The Hall–Kier alpha value is -1.99. The van der Waals surface area contributed by atoms with Crippen LogP contribution in [0.2, 0.25) is 0 Å². The first-order valence-corrected chi connectivity index (χ1v) is 14.2. The fourth-order valence-corrected chi connectivity index (χ4v) is 8.78. The number of allylic oxidation sites excluding steroid dienone is 4. The van der Waals surface area contributed by atoms with E-state index < -0.39 is 70.3 Å². The second-order valence-corrected chi connectivity index (χ2v) is 13.0. The average Bonchev–Trinajstić information content (AvgIpc) is 3.27. The van der Waals surface area contributed by atoms with Crippen LogP contribution < -0.4 is 0 Å². The average molecular weight is 566 g/mol. The van der Waals surface area contributed by atoms with Crippen molar-refractivity contribution in [1.29, 1.82) is 5.26 Å². The Morgan fingerprint density at radius 3 is 2.64 bits per heavy atom. The van der Waals surface area contributed by atoms with E-state index >= 15 is 4.39 Å². The van der Waals surface area contributed by atoms with Crippen molar-refractivity contribution in [1.82, 2.24) is 0 Å². The van der Waals surface area contributed by atoms with Gasteiger partial charge in [-0.15, -0.1) is 11.6 Å². The maximum Gasteiger partial charge on any atom is 0.303 e. The molecule has 4 aliphatic carbocycles. The van der Waals surface area contributed by atoms with Gasteiger partial charge in [-0.25, -0.2) is 4.39 Å². The number of Topliss-reactive ketones (excluding diaryl/α,β-unsaturated/α-hetero) is 1. The number of nitriles is 1. The van der Waals surface area contributed by atoms with Gasteiger partial charge in [0.25, 0.3) is 0 Å². The van der Waals surface area contributed by atoms with Crippen LogP contribution in [0.25, 0.3) is 0 Å². The van der Waals surface area contributed by atoms with Gasteiger partial charge in [0.15, 0.2) is 18.0 Å². The first-order valence-electron chi connectivity index (χ1n) is 13.6. The minimum absolute atomic E-state index is 0.0451. The van der Waals surface area contributed by atoms with Gasteiger partial charge in [-0.05, 0) is 57.1 Å². The highest BCUT2D eigenvalue weighted by atomic mass is 35.5. The van der Waals surface area contributed by atoms with Gasteiger partial charge < -0.3 is 24.1 Å². The molecule has 5 rings (SSSR count). The lowest BCUT2D eigenvalue weighted by Gasteiger charge is -2.63. The number of ketones is 1. The SMILES string of the molecule is CC(=O)OCC(=O)[C@@]12OC(C)(C)O[C@@H]1C[C@H]1[C@@H]3CC(C#N)=C4C=C(OCCCl)CC[C@]4(C)[C@@]3(F)[C@@H](O)C[C@@]12C. The Kier molecular flexibility index (Phi) is 6.78. The summed E-state index contributed by atoms with van der Waals surface area (Å²) in [7, 11) is 0. The molecule has 1 aliphatic heterocycles. The third-order valence-electron chi connectivity index (χ3n) is 10.2. The number of fused-ring (bicyclic) bond motifs is 7. The molecule has 3 fully saturated rings. The number of aliphatic hydroxyl groups is 1. The predicted octanol–water partition coefficient (Wildman–Crippen LogP) is 4.29. The summed E-state index contributed by atoms with van der Waals surface area (Å²) in [6.07, 6.45) is 0.798. The lowest BCUT2D eigenvalue weighted by molar-refractivity contribution is -0.248. The van der Waals surface area contributed by atoms with Crippen LogP contribution in [0.1, 0.15) is 66.7 Å². The highest BCUT2D eigenvalue weighted by Crippen LogP contribution is 2.73. The van der Waals surface area contributed by atoms with Gasteiger partial charge in [-0.1, -0.05) is 13.8 Å². The maximum atomic E-state index is 17.8. The standard InChI is InChI=1S/C29H37ClFNO7/c1-16(33)37-15-23(35)29-24(38-25(2,3)39-29)12-20-21-10-17(14-32)19-11-18(36-9-8-30)6-7-26(19,4)28(21,31)22(34)13-27(20,29)5/h11,20-22,24,34H,6-10,12-13,15H2,1-5H3/t20-,21-,22-,24+,26-,27-,28-,29+/m0/s1. The molecule has 214 valence electrons. The van der Waals surface area contributed by atoms with Crippen LogP contribution >= 0.6 is 11.6 Å². The molecule has 0 aromatic carbocycles. The van der Waals surface area contributed by atoms with Gasteiger partial charge in [0.2, 0.25) is 5.78 Å². The van der Waals surface area contributed by atoms with Crippen LogP contribution in [0.5, 0.6) is 0 Å². The van der Waals surface area contributed by atoms with E-state index in [2.05, 4.69) is 6.07 Å². The van der Waals surface area contributed by atoms with E-state index in [4.69, 9.17) is 30.5 Å². The first-order chi connectivity index (χ1) is 18.2. The topological polar surface area (TPSA) is 115 Å². The molecule has 8 atom stereocenters. The van der Waals surface area contributed by atoms with Crippen molar-refractivity contribution in [2.45, 2.75) is 96.0 Å². The monoisotopic (exact) mass is 565 g/mol. The molecule has 0 aromatic heterocycles. The summed E-state index contributed by atoms with van der Waals surface area (Å²) in [6, 6.07) is 2.31. The van der Waals surface area contributed by atoms with E-state index in [0.29, 0.717) is 48.7 Å². The van der Waals surface area contributed by atoms with Crippen molar-refractivity contribution < 1.29 is 38.0 Å². The van der Waals surface area contributed by atoms with Crippen molar-refractivity contribution in [3.05, 3.63) is 23.0 Å². The van der Waals surface area contributed by atoms with Gasteiger partial charge >= 0.3 is 5.97 Å². The summed E-state index contributed by atoms with van der Waals surface area (Å²) in [5.74, 6) is -2.39. The van der Waals surface area contributed by atoms with Crippen LogP contribution in [0.3, 0.4) is 0 Å². The molecular formula is C29H37ClFNO7. The van der Waals surface area contributed by atoms with Crippen LogP contribution in [0, 0.1) is 34.0 Å². The van der Waals surface area contributed by atoms with Crippen molar-refractivity contribution in [3.8, 4) is 6.07 Å². The maximum absolute atomic E-state index is 17.8. The van der Waals surface area contributed by atoms with Crippen LogP contribution in [0.4, 0.5) is 4.39 Å². The second kappa shape index (κ2) is 9.27. The summed E-state index contributed by atoms with van der Waals surface area (Å²) >= 11 is 5.79. The molecule has 0 amide bonds. The summed E-state index contributed by atoms with van der Waals surface area (Å²) in [5.41, 5.74) is -4.74. The van der Waals surface area contributed by atoms with Gasteiger partial charge in [-0.2, -0.15) is 5.26 Å². The van der Waals surface area contributed by atoms with Crippen LogP contribution in [-0.2, 0) is 28.5 Å². The molecule has 1 heterocycles. The second-order valence-electron chi connectivity index (χ2n) is 12.6. The molecule has 8 nitrogen and oxygen atoms in total. The summed E-state index contributed by atoms with van der Waals surface area (Å²) in [5, 5.41) is 22.0. The van der Waals surface area contributed by atoms with Gasteiger partial charge in [0.05, 0.1) is 29.9 Å². The minimum Gasteiger partial charge on any atom is -0.497 e. The molecule has 10 heteroatoms. The first kappa shape index (κ1) is 28.5. The van der Waals surface area contributed by atoms with Crippen LogP contribution in [-0.4, -0.2) is 65.2 Å². The summed E-state index contributed by atoms with van der Waals surface area (Å²) < 4.78 is 41.3. The Balaban J connectivity index is 1.61.